The SMILES string of the molecule is CCCCCS(=O)(=O)c1nnc(C(=O)NC)s1. The lowest BCUT2D eigenvalue weighted by atomic mass is 10.3. The van der Waals surface area contributed by atoms with E-state index >= 15 is 0 Å². The summed E-state index contributed by atoms with van der Waals surface area (Å²) in [5, 5.41) is 9.56. The van der Waals surface area contributed by atoms with Crippen LogP contribution in [0.4, 0.5) is 0 Å². The molecule has 0 saturated heterocycles. The predicted molar refractivity (Wildman–Crippen MR) is 64.9 cm³/mol. The summed E-state index contributed by atoms with van der Waals surface area (Å²) in [6.07, 6.45) is 2.42. The van der Waals surface area contributed by atoms with E-state index in [1.54, 1.807) is 0 Å². The number of rotatable bonds is 6. The molecule has 0 bridgehead atoms. The smallest absolute Gasteiger partial charge is 0.282 e. The van der Waals surface area contributed by atoms with Gasteiger partial charge in [-0.3, -0.25) is 4.79 Å². The fourth-order valence-electron chi connectivity index (χ4n) is 1.16. The van der Waals surface area contributed by atoms with Crippen LogP contribution in [0.5, 0.6) is 0 Å². The largest absolute Gasteiger partial charge is 0.353 e. The van der Waals surface area contributed by atoms with E-state index in [4.69, 9.17) is 0 Å². The highest BCUT2D eigenvalue weighted by atomic mass is 32.2. The first-order valence-electron chi connectivity index (χ1n) is 5.29. The molecule has 17 heavy (non-hydrogen) atoms. The Bertz CT molecular complexity index is 481. The van der Waals surface area contributed by atoms with E-state index in [1.165, 1.54) is 7.05 Å². The summed E-state index contributed by atoms with van der Waals surface area (Å²) in [5.74, 6) is -0.360. The first-order valence-corrected chi connectivity index (χ1v) is 7.76. The standard InChI is InChI=1S/C9H15N3O3S2/c1-3-4-5-6-17(14,15)9-12-11-8(16-9)7(13)10-2/h3-6H2,1-2H3,(H,10,13). The third kappa shape index (κ3) is 3.74. The topological polar surface area (TPSA) is 89.0 Å². The molecule has 0 aliphatic carbocycles. The van der Waals surface area contributed by atoms with Gasteiger partial charge in [-0.05, 0) is 6.42 Å². The summed E-state index contributed by atoms with van der Waals surface area (Å²) in [5.41, 5.74) is 0. The number of sulfone groups is 1. The van der Waals surface area contributed by atoms with Crippen molar-refractivity contribution in [1.29, 1.82) is 0 Å². The van der Waals surface area contributed by atoms with E-state index < -0.39 is 15.7 Å². The van der Waals surface area contributed by atoms with Crippen molar-refractivity contribution in [3.05, 3.63) is 5.01 Å². The molecular formula is C9H15N3O3S2. The molecule has 0 spiro atoms. The van der Waals surface area contributed by atoms with Crippen LogP contribution in [0.2, 0.25) is 0 Å². The van der Waals surface area contributed by atoms with Crippen molar-refractivity contribution in [2.24, 2.45) is 0 Å². The molecule has 96 valence electrons. The summed E-state index contributed by atoms with van der Waals surface area (Å²) >= 11 is 0.808. The molecule has 1 heterocycles. The van der Waals surface area contributed by atoms with E-state index in [0.717, 1.165) is 24.2 Å². The van der Waals surface area contributed by atoms with Crippen molar-refractivity contribution in [2.45, 2.75) is 30.5 Å². The van der Waals surface area contributed by atoms with Gasteiger partial charge < -0.3 is 5.32 Å². The fraction of sp³-hybridized carbons (Fsp3) is 0.667. The third-order valence-electron chi connectivity index (χ3n) is 2.11. The molecule has 8 heteroatoms. The zero-order valence-corrected chi connectivity index (χ0v) is 11.4. The van der Waals surface area contributed by atoms with Gasteiger partial charge in [0.2, 0.25) is 19.2 Å². The molecule has 6 nitrogen and oxygen atoms in total. The van der Waals surface area contributed by atoms with E-state index in [-0.39, 0.29) is 15.1 Å². The highest BCUT2D eigenvalue weighted by Gasteiger charge is 2.21. The molecule has 0 unspecified atom stereocenters. The van der Waals surface area contributed by atoms with Crippen LogP contribution < -0.4 is 5.32 Å². The van der Waals surface area contributed by atoms with Crippen molar-refractivity contribution in [1.82, 2.24) is 15.5 Å². The number of nitrogens with one attached hydrogen (secondary N) is 1. The predicted octanol–water partition coefficient (Wildman–Crippen LogP) is 0.862. The first kappa shape index (κ1) is 14.0. The number of aromatic nitrogens is 2. The summed E-state index contributed by atoms with van der Waals surface area (Å²) in [6.45, 7) is 2.00. The van der Waals surface area contributed by atoms with E-state index in [1.807, 2.05) is 6.92 Å². The Kier molecular flexibility index (Phi) is 5.01. The second-order valence-electron chi connectivity index (χ2n) is 3.48. The van der Waals surface area contributed by atoms with Crippen molar-refractivity contribution < 1.29 is 13.2 Å². The number of amides is 1. The first-order chi connectivity index (χ1) is 8.01. The molecule has 1 rings (SSSR count). The molecule has 0 atom stereocenters. The Balaban J connectivity index is 2.78. The van der Waals surface area contributed by atoms with Gasteiger partial charge in [-0.2, -0.15) is 0 Å². The fourth-order valence-corrected chi connectivity index (χ4v) is 3.61. The van der Waals surface area contributed by atoms with Crippen LogP contribution in [0.1, 0.15) is 36.0 Å². The highest BCUT2D eigenvalue weighted by Crippen LogP contribution is 2.18. The Morgan fingerprint density at radius 1 is 1.35 bits per heavy atom. The van der Waals surface area contributed by atoms with Gasteiger partial charge in [-0.1, -0.05) is 31.1 Å². The Morgan fingerprint density at radius 3 is 2.65 bits per heavy atom. The molecule has 0 radical (unpaired) electrons. The molecule has 0 aliphatic rings. The van der Waals surface area contributed by atoms with Crippen LogP contribution in [0.25, 0.3) is 0 Å². The molecule has 0 aromatic carbocycles. The zero-order chi connectivity index (χ0) is 12.9. The number of nitrogens with zero attached hydrogens (tertiary/aromatic N) is 2. The minimum atomic E-state index is -3.39. The van der Waals surface area contributed by atoms with E-state index in [0.29, 0.717) is 6.42 Å². The van der Waals surface area contributed by atoms with Crippen LogP contribution in [0.15, 0.2) is 4.34 Å². The zero-order valence-electron chi connectivity index (χ0n) is 9.76. The van der Waals surface area contributed by atoms with Crippen molar-refractivity contribution in [3.63, 3.8) is 0 Å². The van der Waals surface area contributed by atoms with Crippen LogP contribution in [-0.2, 0) is 9.84 Å². The molecule has 1 aromatic rings. The van der Waals surface area contributed by atoms with Crippen LogP contribution in [0, 0.1) is 0 Å². The van der Waals surface area contributed by atoms with Crippen molar-refractivity contribution >= 4 is 27.1 Å². The third-order valence-corrected chi connectivity index (χ3v) is 5.28. The summed E-state index contributed by atoms with van der Waals surface area (Å²) in [4.78, 5) is 11.2. The Morgan fingerprint density at radius 2 is 2.06 bits per heavy atom. The molecule has 1 N–H and O–H groups in total. The molecule has 1 aromatic heterocycles. The quantitative estimate of drug-likeness (QED) is 0.779. The maximum Gasteiger partial charge on any atom is 0.282 e. The van der Waals surface area contributed by atoms with Gasteiger partial charge in [-0.25, -0.2) is 8.42 Å². The number of carbonyl (C=O) groups excluding carboxylic acids is 1. The minimum absolute atomic E-state index is 0.0587. The van der Waals surface area contributed by atoms with Gasteiger partial charge in [-0.15, -0.1) is 10.2 Å². The van der Waals surface area contributed by atoms with Gasteiger partial charge in [0.1, 0.15) is 0 Å². The second kappa shape index (κ2) is 6.06. The van der Waals surface area contributed by atoms with Gasteiger partial charge >= 0.3 is 0 Å². The van der Waals surface area contributed by atoms with Crippen LogP contribution in [-0.4, -0.2) is 37.3 Å². The average Bonchev–Trinajstić information content (AvgIpc) is 2.78. The molecule has 1 amide bonds. The van der Waals surface area contributed by atoms with Crippen LogP contribution in [0.3, 0.4) is 0 Å². The van der Waals surface area contributed by atoms with Gasteiger partial charge in [0.15, 0.2) is 0 Å². The number of hydrogen-bond donors (Lipinski definition) is 1. The van der Waals surface area contributed by atoms with Gasteiger partial charge in [0.05, 0.1) is 5.75 Å². The lowest BCUT2D eigenvalue weighted by Crippen LogP contribution is -2.17. The maximum atomic E-state index is 11.8. The summed E-state index contributed by atoms with van der Waals surface area (Å²) < 4.78 is 23.5. The van der Waals surface area contributed by atoms with Gasteiger partial charge in [0.25, 0.3) is 5.91 Å². The molecular weight excluding hydrogens is 262 g/mol. The number of carbonyl (C=O) groups is 1. The number of hydrogen-bond acceptors (Lipinski definition) is 6. The minimum Gasteiger partial charge on any atom is -0.353 e. The van der Waals surface area contributed by atoms with Gasteiger partial charge in [0, 0.05) is 7.05 Å². The molecule has 0 saturated carbocycles. The average molecular weight is 277 g/mol. The van der Waals surface area contributed by atoms with Crippen molar-refractivity contribution in [2.75, 3.05) is 12.8 Å². The van der Waals surface area contributed by atoms with Crippen molar-refractivity contribution in [3.8, 4) is 0 Å². The second-order valence-corrected chi connectivity index (χ2v) is 6.74. The van der Waals surface area contributed by atoms with Crippen LogP contribution >= 0.6 is 11.3 Å². The Labute approximate surface area is 104 Å². The molecule has 0 aliphatic heterocycles. The Hall–Kier alpha value is -1.02. The normalized spacial score (nSPS) is 11.4. The summed E-state index contributed by atoms with van der Waals surface area (Å²) in [7, 11) is -1.93. The molecule has 0 fully saturated rings. The van der Waals surface area contributed by atoms with E-state index in [2.05, 4.69) is 15.5 Å². The number of unbranched alkanes of at least 4 members (excludes halogenated alkanes) is 2. The lowest BCUT2D eigenvalue weighted by Gasteiger charge is -1.98. The lowest BCUT2D eigenvalue weighted by molar-refractivity contribution is 0.0962. The highest BCUT2D eigenvalue weighted by molar-refractivity contribution is 7.93. The maximum absolute atomic E-state index is 11.8. The van der Waals surface area contributed by atoms with E-state index in [9.17, 15) is 13.2 Å². The monoisotopic (exact) mass is 277 g/mol. The summed E-state index contributed by atoms with van der Waals surface area (Å²) in [6, 6.07) is 0.